The molecule has 3 heterocycles. The van der Waals surface area contributed by atoms with Gasteiger partial charge in [0, 0.05) is 19.5 Å². The van der Waals surface area contributed by atoms with Crippen LogP contribution in [-0.2, 0) is 11.3 Å². The van der Waals surface area contributed by atoms with E-state index in [2.05, 4.69) is 19.7 Å². The second-order valence-electron chi connectivity index (χ2n) is 6.74. The second kappa shape index (κ2) is 6.70. The third kappa shape index (κ3) is 3.04. The van der Waals surface area contributed by atoms with E-state index in [4.69, 9.17) is 0 Å². The maximum absolute atomic E-state index is 12.9. The quantitative estimate of drug-likeness (QED) is 0.795. The van der Waals surface area contributed by atoms with E-state index in [9.17, 15) is 4.79 Å². The second-order valence-corrected chi connectivity index (χ2v) is 6.74. The van der Waals surface area contributed by atoms with Gasteiger partial charge in [0.2, 0.25) is 5.91 Å². The first-order valence-corrected chi connectivity index (χ1v) is 8.93. The van der Waals surface area contributed by atoms with E-state index in [1.807, 2.05) is 48.6 Å². The van der Waals surface area contributed by atoms with E-state index < -0.39 is 0 Å². The molecular formula is C19H23N5O. The summed E-state index contributed by atoms with van der Waals surface area (Å²) >= 11 is 0. The first kappa shape index (κ1) is 15.9. The lowest BCUT2D eigenvalue weighted by Crippen LogP contribution is -2.39. The highest BCUT2D eigenvalue weighted by atomic mass is 16.2. The molecule has 0 radical (unpaired) electrons. The summed E-state index contributed by atoms with van der Waals surface area (Å²) in [5, 5.41) is 7.23. The van der Waals surface area contributed by atoms with Crippen LogP contribution in [-0.4, -0.2) is 37.1 Å². The summed E-state index contributed by atoms with van der Waals surface area (Å²) in [4.78, 5) is 19.3. The van der Waals surface area contributed by atoms with Gasteiger partial charge >= 0.3 is 0 Å². The number of hydrogen-bond acceptors (Lipinski definition) is 3. The Balaban J connectivity index is 1.48. The standard InChI is InChI=1S/C19H23N5O/c1-14-12-21-22-19(14)17-8-4-5-10-24(17)18(25)9-11-23-13-20-15-6-2-3-7-16(15)23/h2-3,6-7,12-13,17H,4-5,8-11H2,1H3,(H,21,22)/t17-/m1/s1. The van der Waals surface area contributed by atoms with Crippen molar-refractivity contribution in [3.05, 3.63) is 48.0 Å². The van der Waals surface area contributed by atoms with Gasteiger partial charge in [-0.05, 0) is 43.9 Å². The summed E-state index contributed by atoms with van der Waals surface area (Å²) in [6, 6.07) is 8.16. The minimum Gasteiger partial charge on any atom is -0.334 e. The molecule has 1 amide bonds. The molecule has 25 heavy (non-hydrogen) atoms. The number of rotatable bonds is 4. The number of para-hydroxylation sites is 2. The third-order valence-electron chi connectivity index (χ3n) is 5.12. The van der Waals surface area contributed by atoms with Crippen LogP contribution in [0.25, 0.3) is 11.0 Å². The van der Waals surface area contributed by atoms with Gasteiger partial charge in [-0.3, -0.25) is 9.89 Å². The maximum Gasteiger partial charge on any atom is 0.224 e. The van der Waals surface area contributed by atoms with Crippen LogP contribution in [0.3, 0.4) is 0 Å². The summed E-state index contributed by atoms with van der Waals surface area (Å²) in [6.45, 7) is 3.53. The van der Waals surface area contributed by atoms with E-state index in [-0.39, 0.29) is 11.9 Å². The summed E-state index contributed by atoms with van der Waals surface area (Å²) in [6.07, 6.45) is 7.38. The Bertz CT molecular complexity index is 881. The number of carbonyl (C=O) groups is 1. The maximum atomic E-state index is 12.9. The van der Waals surface area contributed by atoms with Crippen molar-refractivity contribution in [3.8, 4) is 0 Å². The van der Waals surface area contributed by atoms with Crippen molar-refractivity contribution >= 4 is 16.9 Å². The zero-order valence-electron chi connectivity index (χ0n) is 14.5. The van der Waals surface area contributed by atoms with Crippen LogP contribution >= 0.6 is 0 Å². The monoisotopic (exact) mass is 337 g/mol. The van der Waals surface area contributed by atoms with E-state index >= 15 is 0 Å². The van der Waals surface area contributed by atoms with E-state index in [1.165, 1.54) is 0 Å². The molecule has 4 rings (SSSR count). The number of nitrogens with zero attached hydrogens (tertiary/aromatic N) is 4. The number of nitrogens with one attached hydrogen (secondary N) is 1. The highest BCUT2D eigenvalue weighted by Crippen LogP contribution is 2.31. The fraction of sp³-hybridized carbons (Fsp3) is 0.421. The van der Waals surface area contributed by atoms with Gasteiger partial charge < -0.3 is 9.47 Å². The number of benzene rings is 1. The zero-order chi connectivity index (χ0) is 17.2. The summed E-state index contributed by atoms with van der Waals surface area (Å²) < 4.78 is 2.06. The van der Waals surface area contributed by atoms with Crippen LogP contribution < -0.4 is 0 Å². The SMILES string of the molecule is Cc1cn[nH]c1[C@H]1CCCCN1C(=O)CCn1cnc2ccccc21. The predicted molar refractivity (Wildman–Crippen MR) is 96.0 cm³/mol. The fourth-order valence-electron chi connectivity index (χ4n) is 3.77. The van der Waals surface area contributed by atoms with Crippen molar-refractivity contribution in [3.63, 3.8) is 0 Å². The molecule has 0 spiro atoms. The summed E-state index contributed by atoms with van der Waals surface area (Å²) in [7, 11) is 0. The van der Waals surface area contributed by atoms with Crippen LogP contribution in [0.15, 0.2) is 36.8 Å². The minimum absolute atomic E-state index is 0.128. The van der Waals surface area contributed by atoms with Crippen LogP contribution in [0.5, 0.6) is 0 Å². The number of aryl methyl sites for hydroxylation is 2. The van der Waals surface area contributed by atoms with Gasteiger partial charge in [-0.15, -0.1) is 0 Å². The van der Waals surface area contributed by atoms with Crippen molar-refractivity contribution in [2.75, 3.05) is 6.54 Å². The Hall–Kier alpha value is -2.63. The fourth-order valence-corrected chi connectivity index (χ4v) is 3.77. The molecule has 1 saturated heterocycles. The zero-order valence-corrected chi connectivity index (χ0v) is 14.5. The molecule has 1 fully saturated rings. The molecule has 1 N–H and O–H groups in total. The van der Waals surface area contributed by atoms with Crippen molar-refractivity contribution in [1.82, 2.24) is 24.6 Å². The molecule has 6 heteroatoms. The molecule has 0 aliphatic carbocycles. The molecule has 0 saturated carbocycles. The smallest absolute Gasteiger partial charge is 0.224 e. The normalized spacial score (nSPS) is 18.0. The lowest BCUT2D eigenvalue weighted by molar-refractivity contribution is -0.135. The Morgan fingerprint density at radius 3 is 3.04 bits per heavy atom. The number of fused-ring (bicyclic) bond motifs is 1. The Kier molecular flexibility index (Phi) is 4.26. The van der Waals surface area contributed by atoms with Crippen LogP contribution in [0.4, 0.5) is 0 Å². The number of hydrogen-bond donors (Lipinski definition) is 1. The van der Waals surface area contributed by atoms with Gasteiger partial charge in [0.25, 0.3) is 0 Å². The van der Waals surface area contributed by atoms with Gasteiger partial charge in [0.1, 0.15) is 0 Å². The van der Waals surface area contributed by atoms with Crippen molar-refractivity contribution in [2.24, 2.45) is 0 Å². The molecule has 130 valence electrons. The molecule has 1 aromatic carbocycles. The highest BCUT2D eigenvalue weighted by Gasteiger charge is 2.29. The van der Waals surface area contributed by atoms with Crippen molar-refractivity contribution in [1.29, 1.82) is 0 Å². The molecule has 1 aliphatic rings. The molecule has 0 unspecified atom stereocenters. The number of piperidine rings is 1. The van der Waals surface area contributed by atoms with Crippen LogP contribution in [0.1, 0.15) is 43.0 Å². The van der Waals surface area contributed by atoms with Gasteiger partial charge in [-0.25, -0.2) is 4.98 Å². The molecule has 0 bridgehead atoms. The number of aromatic nitrogens is 4. The summed E-state index contributed by atoms with van der Waals surface area (Å²) in [5.41, 5.74) is 4.26. The van der Waals surface area contributed by atoms with E-state index in [0.29, 0.717) is 13.0 Å². The van der Waals surface area contributed by atoms with Crippen molar-refractivity contribution < 1.29 is 4.79 Å². The molecular weight excluding hydrogens is 314 g/mol. The lowest BCUT2D eigenvalue weighted by atomic mass is 9.97. The number of aromatic amines is 1. The molecule has 2 aromatic heterocycles. The largest absolute Gasteiger partial charge is 0.334 e. The number of carbonyl (C=O) groups excluding carboxylic acids is 1. The Morgan fingerprint density at radius 1 is 1.32 bits per heavy atom. The Labute approximate surface area is 146 Å². The van der Waals surface area contributed by atoms with Gasteiger partial charge in [-0.2, -0.15) is 5.10 Å². The van der Waals surface area contributed by atoms with E-state index in [1.54, 1.807) is 0 Å². The minimum atomic E-state index is 0.128. The van der Waals surface area contributed by atoms with Gasteiger partial charge in [0.05, 0.1) is 35.3 Å². The average Bonchev–Trinajstić information content (AvgIpc) is 3.26. The van der Waals surface area contributed by atoms with Crippen LogP contribution in [0.2, 0.25) is 0 Å². The number of likely N-dealkylation sites (tertiary alicyclic amines) is 1. The van der Waals surface area contributed by atoms with Gasteiger partial charge in [0.15, 0.2) is 0 Å². The van der Waals surface area contributed by atoms with Gasteiger partial charge in [-0.1, -0.05) is 12.1 Å². The Morgan fingerprint density at radius 2 is 2.20 bits per heavy atom. The first-order valence-electron chi connectivity index (χ1n) is 8.93. The van der Waals surface area contributed by atoms with E-state index in [0.717, 1.165) is 48.1 Å². The molecule has 6 nitrogen and oxygen atoms in total. The topological polar surface area (TPSA) is 66.8 Å². The average molecular weight is 337 g/mol. The molecule has 1 aliphatic heterocycles. The first-order chi connectivity index (χ1) is 12.2. The lowest BCUT2D eigenvalue weighted by Gasteiger charge is -2.35. The van der Waals surface area contributed by atoms with Crippen molar-refractivity contribution in [2.45, 2.75) is 45.2 Å². The van der Waals surface area contributed by atoms with Crippen LogP contribution in [0, 0.1) is 6.92 Å². The summed E-state index contributed by atoms with van der Waals surface area (Å²) in [5.74, 6) is 0.205. The number of imidazole rings is 1. The predicted octanol–water partition coefficient (Wildman–Crippen LogP) is 3.21. The third-order valence-corrected chi connectivity index (χ3v) is 5.12. The molecule has 1 atom stereocenters. The number of H-pyrrole nitrogens is 1. The number of amides is 1. The highest BCUT2D eigenvalue weighted by molar-refractivity contribution is 5.78. The molecule has 3 aromatic rings.